The van der Waals surface area contributed by atoms with Crippen LogP contribution in [0.3, 0.4) is 0 Å². The van der Waals surface area contributed by atoms with E-state index in [-0.39, 0.29) is 5.54 Å². The van der Waals surface area contributed by atoms with Crippen molar-refractivity contribution in [2.24, 2.45) is 7.05 Å². The first-order valence-corrected chi connectivity index (χ1v) is 5.22. The van der Waals surface area contributed by atoms with Gasteiger partial charge in [0.2, 0.25) is 0 Å². The van der Waals surface area contributed by atoms with Gasteiger partial charge in [-0.3, -0.25) is 4.90 Å². The molecule has 14 heavy (non-hydrogen) atoms. The molecular formula is C11H19N3. The first-order chi connectivity index (χ1) is 6.48. The van der Waals surface area contributed by atoms with Crippen molar-refractivity contribution >= 4 is 0 Å². The molecule has 0 atom stereocenters. The van der Waals surface area contributed by atoms with E-state index in [4.69, 9.17) is 0 Å². The Morgan fingerprint density at radius 1 is 1.36 bits per heavy atom. The van der Waals surface area contributed by atoms with Crippen molar-refractivity contribution in [2.45, 2.75) is 39.3 Å². The van der Waals surface area contributed by atoms with E-state index in [1.165, 1.54) is 11.4 Å². The Kier molecular flexibility index (Phi) is 2.14. The zero-order valence-corrected chi connectivity index (χ0v) is 9.54. The highest BCUT2D eigenvalue weighted by Gasteiger charge is 2.27. The maximum absolute atomic E-state index is 4.41. The van der Waals surface area contributed by atoms with Gasteiger partial charge in [0, 0.05) is 32.1 Å². The first kappa shape index (κ1) is 9.71. The van der Waals surface area contributed by atoms with Crippen molar-refractivity contribution in [3.63, 3.8) is 0 Å². The van der Waals surface area contributed by atoms with Crippen LogP contribution in [0.4, 0.5) is 0 Å². The number of fused-ring (bicyclic) bond motifs is 1. The van der Waals surface area contributed by atoms with Crippen molar-refractivity contribution in [1.29, 1.82) is 0 Å². The fourth-order valence-electron chi connectivity index (χ4n) is 1.99. The molecule has 78 valence electrons. The van der Waals surface area contributed by atoms with Crippen LogP contribution >= 0.6 is 0 Å². The van der Waals surface area contributed by atoms with Crippen molar-refractivity contribution in [3.8, 4) is 0 Å². The lowest BCUT2D eigenvalue weighted by Crippen LogP contribution is -2.44. The molecule has 1 aromatic heterocycles. The summed E-state index contributed by atoms with van der Waals surface area (Å²) in [5, 5.41) is 0. The molecule has 0 bridgehead atoms. The maximum Gasteiger partial charge on any atom is 0.0949 e. The number of hydrogen-bond donors (Lipinski definition) is 0. The molecule has 3 nitrogen and oxygen atoms in total. The zero-order chi connectivity index (χ0) is 10.3. The lowest BCUT2D eigenvalue weighted by molar-refractivity contribution is 0.117. The van der Waals surface area contributed by atoms with Crippen LogP contribution in [0.2, 0.25) is 0 Å². The average molecular weight is 193 g/mol. The standard InChI is InChI=1S/C11H19N3/c1-11(2,3)14-6-5-9-10(7-14)13(4)8-12-9/h8H,5-7H2,1-4H3. The SMILES string of the molecule is Cn1cnc2c1CN(C(C)(C)C)CC2. The highest BCUT2D eigenvalue weighted by atomic mass is 15.2. The second-order valence-corrected chi connectivity index (χ2v) is 5.09. The van der Waals surface area contributed by atoms with Gasteiger partial charge >= 0.3 is 0 Å². The van der Waals surface area contributed by atoms with Crippen LogP contribution in [0.5, 0.6) is 0 Å². The Morgan fingerprint density at radius 3 is 2.71 bits per heavy atom. The molecule has 0 spiro atoms. The monoisotopic (exact) mass is 193 g/mol. The van der Waals surface area contributed by atoms with Gasteiger partial charge in [-0.05, 0) is 20.8 Å². The van der Waals surface area contributed by atoms with Gasteiger partial charge in [-0.1, -0.05) is 0 Å². The smallest absolute Gasteiger partial charge is 0.0949 e. The van der Waals surface area contributed by atoms with Gasteiger partial charge in [-0.2, -0.15) is 0 Å². The summed E-state index contributed by atoms with van der Waals surface area (Å²) in [5.74, 6) is 0. The first-order valence-electron chi connectivity index (χ1n) is 5.22. The number of rotatable bonds is 0. The third-order valence-electron chi connectivity index (χ3n) is 3.05. The van der Waals surface area contributed by atoms with Crippen molar-refractivity contribution < 1.29 is 0 Å². The highest BCUT2D eigenvalue weighted by Crippen LogP contribution is 2.23. The number of imidazole rings is 1. The normalized spacial score (nSPS) is 18.3. The minimum atomic E-state index is 0.266. The van der Waals surface area contributed by atoms with Gasteiger partial charge in [0.15, 0.2) is 0 Å². The molecule has 0 fully saturated rings. The van der Waals surface area contributed by atoms with E-state index < -0.39 is 0 Å². The average Bonchev–Trinajstić information content (AvgIpc) is 2.46. The summed E-state index contributed by atoms with van der Waals surface area (Å²) in [4.78, 5) is 6.92. The zero-order valence-electron chi connectivity index (χ0n) is 9.54. The summed E-state index contributed by atoms with van der Waals surface area (Å²) >= 11 is 0. The Hall–Kier alpha value is -0.830. The third-order valence-corrected chi connectivity index (χ3v) is 3.05. The topological polar surface area (TPSA) is 21.1 Å². The quantitative estimate of drug-likeness (QED) is 0.623. The maximum atomic E-state index is 4.41. The van der Waals surface area contributed by atoms with Gasteiger partial charge in [-0.15, -0.1) is 0 Å². The molecule has 0 aromatic carbocycles. The Morgan fingerprint density at radius 2 is 2.07 bits per heavy atom. The summed E-state index contributed by atoms with van der Waals surface area (Å²) in [7, 11) is 2.08. The van der Waals surface area contributed by atoms with Crippen molar-refractivity contribution in [1.82, 2.24) is 14.5 Å². The van der Waals surface area contributed by atoms with E-state index in [2.05, 4.69) is 42.3 Å². The lowest BCUT2D eigenvalue weighted by Gasteiger charge is -2.38. The number of hydrogen-bond acceptors (Lipinski definition) is 2. The highest BCUT2D eigenvalue weighted by molar-refractivity contribution is 5.16. The van der Waals surface area contributed by atoms with E-state index >= 15 is 0 Å². The van der Waals surface area contributed by atoms with Crippen LogP contribution in [0.25, 0.3) is 0 Å². The van der Waals surface area contributed by atoms with E-state index in [9.17, 15) is 0 Å². The molecule has 0 aliphatic carbocycles. The Labute approximate surface area is 85.7 Å². The minimum absolute atomic E-state index is 0.266. The van der Waals surface area contributed by atoms with Crippen LogP contribution in [0, 0.1) is 0 Å². The Bertz CT molecular complexity index is 333. The molecule has 1 aliphatic heterocycles. The van der Waals surface area contributed by atoms with Crippen LogP contribution in [-0.2, 0) is 20.0 Å². The second kappa shape index (κ2) is 3.09. The predicted molar refractivity (Wildman–Crippen MR) is 57.1 cm³/mol. The molecule has 0 amide bonds. The predicted octanol–water partition coefficient (Wildman–Crippen LogP) is 1.58. The molecule has 0 saturated carbocycles. The van der Waals surface area contributed by atoms with Gasteiger partial charge in [0.1, 0.15) is 0 Å². The third kappa shape index (κ3) is 1.57. The molecule has 2 heterocycles. The van der Waals surface area contributed by atoms with Crippen LogP contribution < -0.4 is 0 Å². The van der Waals surface area contributed by atoms with E-state index in [1.54, 1.807) is 0 Å². The Balaban J connectivity index is 2.24. The summed E-state index contributed by atoms with van der Waals surface area (Å²) in [6, 6.07) is 0. The minimum Gasteiger partial charge on any atom is -0.336 e. The molecular weight excluding hydrogens is 174 g/mol. The molecule has 0 N–H and O–H groups in total. The van der Waals surface area contributed by atoms with Crippen LogP contribution in [0.1, 0.15) is 32.2 Å². The van der Waals surface area contributed by atoms with Gasteiger partial charge < -0.3 is 4.57 Å². The number of aryl methyl sites for hydroxylation is 1. The summed E-state index contributed by atoms with van der Waals surface area (Å²) in [6.07, 6.45) is 3.02. The summed E-state index contributed by atoms with van der Waals surface area (Å²) in [5.41, 5.74) is 2.93. The fourth-order valence-corrected chi connectivity index (χ4v) is 1.99. The molecule has 2 rings (SSSR count). The molecule has 1 aromatic rings. The van der Waals surface area contributed by atoms with Gasteiger partial charge in [0.05, 0.1) is 17.7 Å². The van der Waals surface area contributed by atoms with E-state index in [0.717, 1.165) is 19.5 Å². The second-order valence-electron chi connectivity index (χ2n) is 5.09. The van der Waals surface area contributed by atoms with Crippen LogP contribution in [0.15, 0.2) is 6.33 Å². The molecule has 1 aliphatic rings. The molecule has 3 heteroatoms. The van der Waals surface area contributed by atoms with E-state index in [0.29, 0.717) is 0 Å². The molecule has 0 unspecified atom stereocenters. The molecule has 0 saturated heterocycles. The summed E-state index contributed by atoms with van der Waals surface area (Å²) < 4.78 is 2.15. The molecule has 0 radical (unpaired) electrons. The lowest BCUT2D eigenvalue weighted by atomic mass is 10.0. The van der Waals surface area contributed by atoms with Gasteiger partial charge in [0.25, 0.3) is 0 Å². The number of nitrogens with zero attached hydrogens (tertiary/aromatic N) is 3. The van der Waals surface area contributed by atoms with E-state index in [1.807, 2.05) is 6.33 Å². The largest absolute Gasteiger partial charge is 0.336 e. The fraction of sp³-hybridized carbons (Fsp3) is 0.727. The van der Waals surface area contributed by atoms with Crippen molar-refractivity contribution in [3.05, 3.63) is 17.7 Å². The summed E-state index contributed by atoms with van der Waals surface area (Å²) in [6.45, 7) is 8.99. The van der Waals surface area contributed by atoms with Crippen molar-refractivity contribution in [2.75, 3.05) is 6.54 Å². The number of aromatic nitrogens is 2. The van der Waals surface area contributed by atoms with Gasteiger partial charge in [-0.25, -0.2) is 4.98 Å². The van der Waals surface area contributed by atoms with Crippen LogP contribution in [-0.4, -0.2) is 26.5 Å².